The fourth-order valence-electron chi connectivity index (χ4n) is 1.37. The Kier molecular flexibility index (Phi) is 4.44. The number of ether oxygens (including phenoxy) is 1. The molecule has 1 unspecified atom stereocenters. The molecule has 1 atom stereocenters. The molecule has 2 N–H and O–H groups in total. The Morgan fingerprint density at radius 1 is 1.56 bits per heavy atom. The molecule has 86 valence electrons. The van der Waals surface area contributed by atoms with Crippen molar-refractivity contribution in [3.05, 3.63) is 30.1 Å². The highest BCUT2D eigenvalue weighted by atomic mass is 16.5. The minimum Gasteiger partial charge on any atom is -0.467 e. The molecule has 5 nitrogen and oxygen atoms in total. The van der Waals surface area contributed by atoms with Gasteiger partial charge in [-0.15, -0.1) is 0 Å². The number of carbonyl (C=O) groups is 2. The molecule has 1 rings (SSSR count). The number of rotatable bonds is 4. The molecular formula is C11H15N2O3+. The zero-order chi connectivity index (χ0) is 12.0. The quantitative estimate of drug-likeness (QED) is 0.714. The summed E-state index contributed by atoms with van der Waals surface area (Å²) in [7, 11) is 1.30. The Morgan fingerprint density at radius 2 is 2.31 bits per heavy atom. The van der Waals surface area contributed by atoms with E-state index in [2.05, 4.69) is 15.0 Å². The fourth-order valence-corrected chi connectivity index (χ4v) is 1.37. The average molecular weight is 223 g/mol. The first-order valence-corrected chi connectivity index (χ1v) is 4.93. The smallest absolute Gasteiger partial charge is 0.328 e. The molecule has 0 bridgehead atoms. The van der Waals surface area contributed by atoms with E-state index in [1.165, 1.54) is 14.0 Å². The summed E-state index contributed by atoms with van der Waals surface area (Å²) in [5.41, 5.74) is 0.923. The maximum atomic E-state index is 11.4. The van der Waals surface area contributed by atoms with Crippen molar-refractivity contribution in [3.8, 4) is 0 Å². The number of hydrogen-bond acceptors (Lipinski definition) is 3. The lowest BCUT2D eigenvalue weighted by Gasteiger charge is -2.14. The molecule has 0 saturated carbocycles. The van der Waals surface area contributed by atoms with Crippen molar-refractivity contribution in [2.24, 2.45) is 0 Å². The summed E-state index contributed by atoms with van der Waals surface area (Å²) >= 11 is 0. The number of methoxy groups -OCH3 is 1. The summed E-state index contributed by atoms with van der Waals surface area (Å²) in [6, 6.07) is 3.06. The summed E-state index contributed by atoms with van der Waals surface area (Å²) < 4.78 is 4.62. The first-order chi connectivity index (χ1) is 7.63. The maximum Gasteiger partial charge on any atom is 0.328 e. The van der Waals surface area contributed by atoms with Crippen LogP contribution in [0.4, 0.5) is 0 Å². The number of amides is 1. The Labute approximate surface area is 93.8 Å². The van der Waals surface area contributed by atoms with Crippen LogP contribution in [-0.4, -0.2) is 25.0 Å². The van der Waals surface area contributed by atoms with Crippen LogP contribution in [0.1, 0.15) is 12.5 Å². The second-order valence-corrected chi connectivity index (χ2v) is 3.39. The van der Waals surface area contributed by atoms with Crippen molar-refractivity contribution in [1.29, 1.82) is 0 Å². The second-order valence-electron chi connectivity index (χ2n) is 3.39. The number of aromatic amines is 1. The van der Waals surface area contributed by atoms with Crippen molar-refractivity contribution in [1.82, 2.24) is 5.32 Å². The van der Waals surface area contributed by atoms with Gasteiger partial charge in [0.25, 0.3) is 0 Å². The number of H-pyrrole nitrogens is 1. The van der Waals surface area contributed by atoms with Crippen LogP contribution in [0, 0.1) is 0 Å². The minimum absolute atomic E-state index is 0.254. The zero-order valence-corrected chi connectivity index (χ0v) is 9.32. The molecular weight excluding hydrogens is 208 g/mol. The minimum atomic E-state index is -0.640. The van der Waals surface area contributed by atoms with Gasteiger partial charge in [0, 0.05) is 25.0 Å². The fraction of sp³-hybridized carbons (Fsp3) is 0.364. The van der Waals surface area contributed by atoms with E-state index in [1.54, 1.807) is 12.4 Å². The van der Waals surface area contributed by atoms with E-state index in [1.807, 2.05) is 12.1 Å². The standard InChI is InChI=1S/C11H14N2O3/c1-8(14)13-10(11(15)16-2)6-9-4-3-5-12-7-9/h3-5,7,10H,6H2,1-2H3,(H,13,14)/p+1. The maximum absolute atomic E-state index is 11.4. The molecule has 1 amide bonds. The molecule has 0 aliphatic heterocycles. The van der Waals surface area contributed by atoms with Crippen LogP contribution >= 0.6 is 0 Å². The van der Waals surface area contributed by atoms with E-state index in [-0.39, 0.29) is 5.91 Å². The number of carbonyl (C=O) groups excluding carboxylic acids is 2. The van der Waals surface area contributed by atoms with Gasteiger partial charge in [0.05, 0.1) is 7.11 Å². The highest BCUT2D eigenvalue weighted by Gasteiger charge is 2.20. The summed E-state index contributed by atoms with van der Waals surface area (Å²) in [4.78, 5) is 25.3. The second kappa shape index (κ2) is 5.85. The predicted molar refractivity (Wildman–Crippen MR) is 56.3 cm³/mol. The van der Waals surface area contributed by atoms with Crippen LogP contribution in [0.2, 0.25) is 0 Å². The Bertz CT molecular complexity index is 365. The van der Waals surface area contributed by atoms with Crippen LogP contribution in [0.25, 0.3) is 0 Å². The van der Waals surface area contributed by atoms with E-state index < -0.39 is 12.0 Å². The molecule has 1 aromatic heterocycles. The van der Waals surface area contributed by atoms with Crippen LogP contribution < -0.4 is 10.3 Å². The van der Waals surface area contributed by atoms with Crippen molar-refractivity contribution in [3.63, 3.8) is 0 Å². The summed E-state index contributed by atoms with van der Waals surface area (Å²) in [6.07, 6.45) is 3.95. The van der Waals surface area contributed by atoms with Gasteiger partial charge in [0.15, 0.2) is 12.4 Å². The number of esters is 1. The van der Waals surface area contributed by atoms with Crippen LogP contribution in [0.3, 0.4) is 0 Å². The lowest BCUT2D eigenvalue weighted by atomic mass is 10.1. The molecule has 1 aromatic rings. The third kappa shape index (κ3) is 3.68. The van der Waals surface area contributed by atoms with Crippen LogP contribution in [-0.2, 0) is 20.7 Å². The first kappa shape index (κ1) is 12.2. The summed E-state index contributed by atoms with van der Waals surface area (Å²) in [6.45, 7) is 1.37. The molecule has 0 radical (unpaired) electrons. The molecule has 0 aliphatic carbocycles. The van der Waals surface area contributed by atoms with Crippen molar-refractivity contribution in [2.75, 3.05) is 7.11 Å². The third-order valence-electron chi connectivity index (χ3n) is 2.07. The largest absolute Gasteiger partial charge is 0.467 e. The topological polar surface area (TPSA) is 69.5 Å². The van der Waals surface area contributed by atoms with Gasteiger partial charge in [-0.2, -0.15) is 0 Å². The van der Waals surface area contributed by atoms with Gasteiger partial charge < -0.3 is 10.1 Å². The summed E-state index contributed by atoms with van der Waals surface area (Å²) in [5, 5.41) is 2.55. The first-order valence-electron chi connectivity index (χ1n) is 4.93. The van der Waals surface area contributed by atoms with Gasteiger partial charge in [-0.05, 0) is 6.07 Å². The lowest BCUT2D eigenvalue weighted by Crippen LogP contribution is -2.42. The molecule has 5 heteroatoms. The molecule has 1 heterocycles. The van der Waals surface area contributed by atoms with Gasteiger partial charge in [-0.3, -0.25) is 4.79 Å². The van der Waals surface area contributed by atoms with Gasteiger partial charge in [-0.25, -0.2) is 9.78 Å². The number of nitrogens with one attached hydrogen (secondary N) is 2. The Hall–Kier alpha value is -1.91. The number of aromatic nitrogens is 1. The normalized spacial score (nSPS) is 11.6. The zero-order valence-electron chi connectivity index (χ0n) is 9.32. The van der Waals surface area contributed by atoms with Gasteiger partial charge in [0.2, 0.25) is 5.91 Å². The highest BCUT2D eigenvalue weighted by Crippen LogP contribution is 2.01. The van der Waals surface area contributed by atoms with E-state index in [4.69, 9.17) is 0 Å². The monoisotopic (exact) mass is 223 g/mol. The van der Waals surface area contributed by atoms with E-state index in [0.29, 0.717) is 6.42 Å². The lowest BCUT2D eigenvalue weighted by molar-refractivity contribution is -0.378. The van der Waals surface area contributed by atoms with E-state index in [9.17, 15) is 9.59 Å². The van der Waals surface area contributed by atoms with Gasteiger partial charge in [0.1, 0.15) is 6.04 Å². The van der Waals surface area contributed by atoms with Gasteiger partial charge >= 0.3 is 5.97 Å². The Morgan fingerprint density at radius 3 is 2.81 bits per heavy atom. The molecule has 0 spiro atoms. The number of hydrogen-bond donors (Lipinski definition) is 1. The SMILES string of the molecule is COC(=O)C(Cc1ccc[nH+]c1)NC(C)=O. The van der Waals surface area contributed by atoms with E-state index >= 15 is 0 Å². The van der Waals surface area contributed by atoms with Crippen LogP contribution in [0.5, 0.6) is 0 Å². The third-order valence-corrected chi connectivity index (χ3v) is 2.07. The highest BCUT2D eigenvalue weighted by molar-refractivity contribution is 5.83. The van der Waals surface area contributed by atoms with Crippen molar-refractivity contribution >= 4 is 11.9 Å². The molecule has 0 fully saturated rings. The number of pyridine rings is 1. The van der Waals surface area contributed by atoms with Crippen LogP contribution in [0.15, 0.2) is 24.5 Å². The van der Waals surface area contributed by atoms with Crippen molar-refractivity contribution < 1.29 is 19.3 Å². The van der Waals surface area contributed by atoms with Gasteiger partial charge in [-0.1, -0.05) is 0 Å². The molecule has 16 heavy (non-hydrogen) atoms. The molecule has 0 saturated heterocycles. The predicted octanol–water partition coefficient (Wildman–Crippen LogP) is -0.279. The Balaban J connectivity index is 2.70. The molecule has 0 aromatic carbocycles. The molecule has 0 aliphatic rings. The average Bonchev–Trinajstić information content (AvgIpc) is 2.28. The van der Waals surface area contributed by atoms with E-state index in [0.717, 1.165) is 5.56 Å². The summed E-state index contributed by atoms with van der Waals surface area (Å²) in [5.74, 6) is -0.700. The van der Waals surface area contributed by atoms with Crippen molar-refractivity contribution in [2.45, 2.75) is 19.4 Å².